The van der Waals surface area contributed by atoms with Gasteiger partial charge in [-0.15, -0.1) is 0 Å². The van der Waals surface area contributed by atoms with Gasteiger partial charge < -0.3 is 14.8 Å². The summed E-state index contributed by atoms with van der Waals surface area (Å²) in [6.45, 7) is 2.28. The van der Waals surface area contributed by atoms with Crippen molar-refractivity contribution in [3.8, 4) is 22.9 Å². The lowest BCUT2D eigenvalue weighted by Crippen LogP contribution is -2.20. The number of aromatic nitrogens is 2. The van der Waals surface area contributed by atoms with Gasteiger partial charge in [0.05, 0.1) is 24.7 Å². The number of carbonyl (C=O) groups excluding carboxylic acids is 1. The Morgan fingerprint density at radius 1 is 0.923 bits per heavy atom. The molecule has 0 radical (unpaired) electrons. The molecule has 1 amide bonds. The number of hydrogen-bond acceptors (Lipinski definition) is 5. The number of nitrogens with zero attached hydrogens (tertiary/aromatic N) is 2. The van der Waals surface area contributed by atoms with Gasteiger partial charge in [-0.3, -0.25) is 4.79 Å². The number of benzene rings is 2. The van der Waals surface area contributed by atoms with E-state index in [4.69, 9.17) is 9.47 Å². The lowest BCUT2D eigenvalue weighted by Gasteiger charge is -2.11. The van der Waals surface area contributed by atoms with Crippen LogP contribution >= 0.6 is 0 Å². The van der Waals surface area contributed by atoms with Crippen LogP contribution in [0.3, 0.4) is 0 Å². The zero-order valence-corrected chi connectivity index (χ0v) is 14.4. The first-order chi connectivity index (χ1) is 12.8. The van der Waals surface area contributed by atoms with E-state index in [0.717, 1.165) is 5.56 Å². The molecular weight excluding hydrogens is 330 g/mol. The molecule has 6 nitrogen and oxygen atoms in total. The van der Waals surface area contributed by atoms with Crippen LogP contribution in [0.15, 0.2) is 67.0 Å². The fourth-order valence-corrected chi connectivity index (χ4v) is 2.31. The molecule has 0 fully saturated rings. The van der Waals surface area contributed by atoms with Crippen LogP contribution in [0.5, 0.6) is 11.5 Å². The Morgan fingerprint density at radius 2 is 1.54 bits per heavy atom. The second kappa shape index (κ2) is 8.62. The van der Waals surface area contributed by atoms with Crippen LogP contribution in [0.1, 0.15) is 6.92 Å². The number of para-hydroxylation sites is 2. The Bertz CT molecular complexity index is 852. The summed E-state index contributed by atoms with van der Waals surface area (Å²) in [5, 5.41) is 2.71. The summed E-state index contributed by atoms with van der Waals surface area (Å²) in [4.78, 5) is 20.6. The molecule has 6 heteroatoms. The molecule has 3 rings (SSSR count). The van der Waals surface area contributed by atoms with Crippen molar-refractivity contribution in [3.63, 3.8) is 0 Å². The first-order valence-electron chi connectivity index (χ1n) is 8.28. The molecule has 0 saturated heterocycles. The Morgan fingerprint density at radius 3 is 2.19 bits per heavy atom. The van der Waals surface area contributed by atoms with Crippen molar-refractivity contribution >= 4 is 11.6 Å². The van der Waals surface area contributed by atoms with Gasteiger partial charge in [0.15, 0.2) is 23.9 Å². The van der Waals surface area contributed by atoms with Gasteiger partial charge in [-0.05, 0) is 19.1 Å². The van der Waals surface area contributed by atoms with Crippen LogP contribution < -0.4 is 14.8 Å². The van der Waals surface area contributed by atoms with Crippen molar-refractivity contribution in [1.29, 1.82) is 0 Å². The normalized spacial score (nSPS) is 10.2. The summed E-state index contributed by atoms with van der Waals surface area (Å²) in [7, 11) is 0. The van der Waals surface area contributed by atoms with E-state index in [0.29, 0.717) is 29.6 Å². The molecule has 26 heavy (non-hydrogen) atoms. The first-order valence-corrected chi connectivity index (χ1v) is 8.28. The maximum Gasteiger partial charge on any atom is 0.262 e. The molecule has 0 unspecified atom stereocenters. The third kappa shape index (κ3) is 4.57. The summed E-state index contributed by atoms with van der Waals surface area (Å²) in [6.07, 6.45) is 3.14. The van der Waals surface area contributed by atoms with Crippen molar-refractivity contribution in [1.82, 2.24) is 9.97 Å². The van der Waals surface area contributed by atoms with Gasteiger partial charge in [0, 0.05) is 5.56 Å². The second-order valence-corrected chi connectivity index (χ2v) is 5.38. The molecule has 1 aromatic heterocycles. The molecule has 3 aromatic rings. The molecule has 0 bridgehead atoms. The van der Waals surface area contributed by atoms with Crippen molar-refractivity contribution in [2.24, 2.45) is 0 Å². The van der Waals surface area contributed by atoms with Gasteiger partial charge in [-0.25, -0.2) is 9.97 Å². The molecule has 0 aliphatic carbocycles. The van der Waals surface area contributed by atoms with Crippen molar-refractivity contribution in [2.75, 3.05) is 18.5 Å². The van der Waals surface area contributed by atoms with Crippen LogP contribution in [0.25, 0.3) is 11.4 Å². The Hall–Kier alpha value is -3.41. The molecule has 1 heterocycles. The van der Waals surface area contributed by atoms with Crippen molar-refractivity contribution in [2.45, 2.75) is 6.92 Å². The average molecular weight is 349 g/mol. The maximum atomic E-state index is 12.1. The fourth-order valence-electron chi connectivity index (χ4n) is 2.31. The van der Waals surface area contributed by atoms with Gasteiger partial charge in [0.1, 0.15) is 0 Å². The number of hydrogen-bond donors (Lipinski definition) is 1. The number of nitrogens with one attached hydrogen (secondary N) is 1. The van der Waals surface area contributed by atoms with Gasteiger partial charge in [-0.1, -0.05) is 42.5 Å². The quantitative estimate of drug-likeness (QED) is 0.706. The molecule has 0 spiro atoms. The van der Waals surface area contributed by atoms with Crippen LogP contribution in [0, 0.1) is 0 Å². The zero-order valence-electron chi connectivity index (χ0n) is 14.4. The van der Waals surface area contributed by atoms with Gasteiger partial charge in [-0.2, -0.15) is 0 Å². The number of rotatable bonds is 7. The largest absolute Gasteiger partial charge is 0.490 e. The van der Waals surface area contributed by atoms with E-state index < -0.39 is 0 Å². The Balaban J connectivity index is 1.57. The number of amides is 1. The van der Waals surface area contributed by atoms with Gasteiger partial charge >= 0.3 is 0 Å². The third-order valence-corrected chi connectivity index (χ3v) is 3.48. The van der Waals surface area contributed by atoms with E-state index in [2.05, 4.69) is 15.3 Å². The molecule has 0 atom stereocenters. The summed E-state index contributed by atoms with van der Waals surface area (Å²) in [6, 6.07) is 16.9. The number of carbonyl (C=O) groups is 1. The topological polar surface area (TPSA) is 73.3 Å². The smallest absolute Gasteiger partial charge is 0.262 e. The standard InChI is InChI=1S/C20H19N3O3/c1-2-25-17-10-6-7-11-18(17)26-14-19(24)23-16-12-21-20(22-13-16)15-8-4-3-5-9-15/h3-13H,2,14H2,1H3,(H,23,24). The van der Waals surface area contributed by atoms with E-state index in [1.807, 2.05) is 49.4 Å². The van der Waals surface area contributed by atoms with Crippen molar-refractivity contribution < 1.29 is 14.3 Å². The first kappa shape index (κ1) is 17.4. The zero-order chi connectivity index (χ0) is 18.2. The van der Waals surface area contributed by atoms with E-state index in [9.17, 15) is 4.79 Å². The van der Waals surface area contributed by atoms with E-state index in [-0.39, 0.29) is 12.5 Å². The lowest BCUT2D eigenvalue weighted by atomic mass is 10.2. The molecule has 0 aliphatic heterocycles. The molecule has 1 N–H and O–H groups in total. The summed E-state index contributed by atoms with van der Waals surface area (Å²) in [5.41, 5.74) is 1.43. The van der Waals surface area contributed by atoms with E-state index in [1.165, 1.54) is 0 Å². The highest BCUT2D eigenvalue weighted by atomic mass is 16.5. The van der Waals surface area contributed by atoms with E-state index >= 15 is 0 Å². The minimum Gasteiger partial charge on any atom is -0.490 e. The van der Waals surface area contributed by atoms with E-state index in [1.54, 1.807) is 24.5 Å². The summed E-state index contributed by atoms with van der Waals surface area (Å²) < 4.78 is 11.0. The lowest BCUT2D eigenvalue weighted by molar-refractivity contribution is -0.118. The Kier molecular flexibility index (Phi) is 5.77. The minimum absolute atomic E-state index is 0.134. The van der Waals surface area contributed by atoms with Crippen LogP contribution in [0.2, 0.25) is 0 Å². The maximum absolute atomic E-state index is 12.1. The summed E-state index contributed by atoms with van der Waals surface area (Å²) >= 11 is 0. The second-order valence-electron chi connectivity index (χ2n) is 5.38. The molecular formula is C20H19N3O3. The van der Waals surface area contributed by atoms with Crippen LogP contribution in [-0.4, -0.2) is 29.1 Å². The molecule has 132 valence electrons. The van der Waals surface area contributed by atoms with Crippen LogP contribution in [0.4, 0.5) is 5.69 Å². The highest BCUT2D eigenvalue weighted by Crippen LogP contribution is 2.26. The minimum atomic E-state index is -0.299. The third-order valence-electron chi connectivity index (χ3n) is 3.48. The Labute approximate surface area is 151 Å². The molecule has 0 aliphatic rings. The molecule has 2 aromatic carbocycles. The average Bonchev–Trinajstić information content (AvgIpc) is 2.69. The van der Waals surface area contributed by atoms with Gasteiger partial charge in [0.2, 0.25) is 0 Å². The highest BCUT2D eigenvalue weighted by Gasteiger charge is 2.08. The number of anilines is 1. The predicted molar refractivity (Wildman–Crippen MR) is 99.2 cm³/mol. The predicted octanol–water partition coefficient (Wildman–Crippen LogP) is 3.56. The monoisotopic (exact) mass is 349 g/mol. The summed E-state index contributed by atoms with van der Waals surface area (Å²) in [5.74, 6) is 1.44. The van der Waals surface area contributed by atoms with Crippen LogP contribution in [-0.2, 0) is 4.79 Å². The van der Waals surface area contributed by atoms with Gasteiger partial charge in [0.25, 0.3) is 5.91 Å². The number of ether oxygens (including phenoxy) is 2. The van der Waals surface area contributed by atoms with Crippen molar-refractivity contribution in [3.05, 3.63) is 67.0 Å². The highest BCUT2D eigenvalue weighted by molar-refractivity contribution is 5.91. The molecule has 0 saturated carbocycles. The SMILES string of the molecule is CCOc1ccccc1OCC(=O)Nc1cnc(-c2ccccc2)nc1. The fraction of sp³-hybridized carbons (Fsp3) is 0.150.